The number of carbonyl (C=O) groups is 1. The maximum absolute atomic E-state index is 12.0. The van der Waals surface area contributed by atoms with Crippen LogP contribution in [0, 0.1) is 0 Å². The Morgan fingerprint density at radius 2 is 1.95 bits per heavy atom. The van der Waals surface area contributed by atoms with E-state index in [4.69, 9.17) is 4.74 Å². The van der Waals surface area contributed by atoms with Crippen LogP contribution in [0.2, 0.25) is 0 Å². The lowest BCUT2D eigenvalue weighted by Crippen LogP contribution is -2.44. The second-order valence-corrected chi connectivity index (χ2v) is 6.73. The fourth-order valence-corrected chi connectivity index (χ4v) is 1.88. The van der Waals surface area contributed by atoms with Crippen molar-refractivity contribution in [2.24, 2.45) is 4.99 Å². The number of nitrogens with one attached hydrogen (secondary N) is 2. The van der Waals surface area contributed by atoms with Crippen LogP contribution < -0.4 is 10.6 Å². The molecule has 0 saturated carbocycles. The van der Waals surface area contributed by atoms with E-state index in [1.165, 1.54) is 0 Å². The number of thioether (sulfide) groups is 1. The van der Waals surface area contributed by atoms with Crippen molar-refractivity contribution in [3.63, 3.8) is 0 Å². The molecule has 130 valence electrons. The monoisotopic (exact) mass is 332 g/mol. The number of hydrogen-bond acceptors (Lipinski definition) is 4. The number of amides is 1. The van der Waals surface area contributed by atoms with E-state index in [1.807, 2.05) is 34.6 Å². The van der Waals surface area contributed by atoms with Crippen LogP contribution in [0.3, 0.4) is 0 Å². The average molecular weight is 333 g/mol. The molecule has 0 radical (unpaired) electrons. The van der Waals surface area contributed by atoms with Crippen molar-refractivity contribution < 1.29 is 9.53 Å². The number of ether oxygens (including phenoxy) is 1. The summed E-state index contributed by atoms with van der Waals surface area (Å²) in [5.74, 6) is 1.78. The van der Waals surface area contributed by atoms with E-state index in [0.717, 1.165) is 24.8 Å². The first-order valence-corrected chi connectivity index (χ1v) is 9.22. The fourth-order valence-electron chi connectivity index (χ4n) is 1.60. The minimum absolute atomic E-state index is 0.277. The Hall–Kier alpha value is -1.11. The summed E-state index contributed by atoms with van der Waals surface area (Å²) in [6.45, 7) is 13.0. The van der Waals surface area contributed by atoms with Crippen molar-refractivity contribution in [3.05, 3.63) is 0 Å². The molecule has 0 unspecified atom stereocenters. The number of rotatable bonds is 8. The van der Waals surface area contributed by atoms with Gasteiger partial charge in [0.2, 0.25) is 0 Å². The van der Waals surface area contributed by atoms with E-state index in [1.54, 1.807) is 16.7 Å². The van der Waals surface area contributed by atoms with Crippen LogP contribution in [0.15, 0.2) is 4.99 Å². The predicted octanol–water partition coefficient (Wildman–Crippen LogP) is 2.16. The lowest BCUT2D eigenvalue weighted by atomic mass is 10.2. The van der Waals surface area contributed by atoms with Gasteiger partial charge in [-0.15, -0.1) is 0 Å². The molecule has 0 aromatic heterocycles. The topological polar surface area (TPSA) is 66.0 Å². The molecule has 22 heavy (non-hydrogen) atoms. The lowest BCUT2D eigenvalue weighted by molar-refractivity contribution is 0.0264. The molecule has 0 fully saturated rings. The zero-order valence-corrected chi connectivity index (χ0v) is 15.7. The van der Waals surface area contributed by atoms with Gasteiger partial charge < -0.3 is 20.3 Å². The zero-order valence-electron chi connectivity index (χ0n) is 14.9. The summed E-state index contributed by atoms with van der Waals surface area (Å²) in [5, 5.41) is 6.44. The minimum atomic E-state index is -0.466. The second-order valence-electron chi connectivity index (χ2n) is 5.74. The van der Waals surface area contributed by atoms with Crippen LogP contribution in [0.1, 0.15) is 34.6 Å². The normalized spacial score (nSPS) is 12.0. The third-order valence-corrected chi connectivity index (χ3v) is 3.21. The molecule has 0 saturated heterocycles. The maximum atomic E-state index is 12.0. The van der Waals surface area contributed by atoms with E-state index in [-0.39, 0.29) is 6.09 Å². The number of hydrogen-bond donors (Lipinski definition) is 2. The van der Waals surface area contributed by atoms with Crippen LogP contribution in [0.5, 0.6) is 0 Å². The number of nitrogens with zero attached hydrogens (tertiary/aromatic N) is 2. The van der Waals surface area contributed by atoms with E-state index in [9.17, 15) is 4.79 Å². The van der Waals surface area contributed by atoms with Gasteiger partial charge in [0.05, 0.1) is 6.54 Å². The Balaban J connectivity index is 4.30. The molecule has 0 atom stereocenters. The van der Waals surface area contributed by atoms with Crippen molar-refractivity contribution in [1.82, 2.24) is 15.5 Å². The minimum Gasteiger partial charge on any atom is -0.444 e. The van der Waals surface area contributed by atoms with E-state index >= 15 is 0 Å². The number of carbonyl (C=O) groups excluding carboxylic acids is 1. The van der Waals surface area contributed by atoms with Gasteiger partial charge in [0.25, 0.3) is 0 Å². The molecule has 0 aliphatic heterocycles. The molecule has 6 nitrogen and oxygen atoms in total. The van der Waals surface area contributed by atoms with Gasteiger partial charge in [0.1, 0.15) is 5.60 Å². The van der Waals surface area contributed by atoms with Gasteiger partial charge in [-0.1, -0.05) is 0 Å². The van der Waals surface area contributed by atoms with Gasteiger partial charge in [-0.05, 0) is 40.9 Å². The molecule has 0 heterocycles. The van der Waals surface area contributed by atoms with Gasteiger partial charge in [-0.3, -0.25) is 4.99 Å². The van der Waals surface area contributed by atoms with Crippen LogP contribution in [-0.4, -0.2) is 67.3 Å². The molecule has 0 rings (SSSR count). The summed E-state index contributed by atoms with van der Waals surface area (Å²) in [6, 6.07) is 0. The summed E-state index contributed by atoms with van der Waals surface area (Å²) >= 11 is 1.77. The van der Waals surface area contributed by atoms with E-state index in [0.29, 0.717) is 19.6 Å². The van der Waals surface area contributed by atoms with Crippen LogP contribution in [-0.2, 0) is 4.74 Å². The SMILES string of the molecule is CCNC(=NCCSC)NCCN(CC)C(=O)OC(C)(C)C. The molecular formula is C15H32N4O2S. The summed E-state index contributed by atoms with van der Waals surface area (Å²) in [6.07, 6.45) is 1.79. The Morgan fingerprint density at radius 3 is 2.45 bits per heavy atom. The van der Waals surface area contributed by atoms with Crippen LogP contribution in [0.25, 0.3) is 0 Å². The van der Waals surface area contributed by atoms with Gasteiger partial charge in [-0.2, -0.15) is 11.8 Å². The lowest BCUT2D eigenvalue weighted by Gasteiger charge is -2.26. The highest BCUT2D eigenvalue weighted by atomic mass is 32.2. The van der Waals surface area contributed by atoms with E-state index < -0.39 is 5.60 Å². The van der Waals surface area contributed by atoms with E-state index in [2.05, 4.69) is 21.9 Å². The van der Waals surface area contributed by atoms with Crippen molar-refractivity contribution in [1.29, 1.82) is 0 Å². The van der Waals surface area contributed by atoms with Crippen molar-refractivity contribution in [2.45, 2.75) is 40.2 Å². The highest BCUT2D eigenvalue weighted by Gasteiger charge is 2.20. The third-order valence-electron chi connectivity index (χ3n) is 2.62. The Kier molecular flexibility index (Phi) is 10.9. The maximum Gasteiger partial charge on any atom is 0.410 e. The molecular weight excluding hydrogens is 300 g/mol. The molecule has 0 spiro atoms. The number of likely N-dealkylation sites (N-methyl/N-ethyl adjacent to an activating group) is 1. The Labute approximate surface area is 139 Å². The molecule has 0 aromatic rings. The summed E-state index contributed by atoms with van der Waals surface area (Å²) < 4.78 is 5.39. The highest BCUT2D eigenvalue weighted by molar-refractivity contribution is 7.98. The standard InChI is InChI=1S/C15H32N4O2S/c1-7-16-13(18-10-12-22-6)17-9-11-19(8-2)14(20)21-15(3,4)5/h7-12H2,1-6H3,(H2,16,17,18). The van der Waals surface area contributed by atoms with Crippen molar-refractivity contribution in [3.8, 4) is 0 Å². The van der Waals surface area contributed by atoms with Gasteiger partial charge >= 0.3 is 6.09 Å². The Bertz CT molecular complexity index is 343. The van der Waals surface area contributed by atoms with Crippen molar-refractivity contribution >= 4 is 23.8 Å². The molecule has 7 heteroatoms. The molecule has 0 aliphatic rings. The highest BCUT2D eigenvalue weighted by Crippen LogP contribution is 2.09. The largest absolute Gasteiger partial charge is 0.444 e. The molecule has 0 bridgehead atoms. The molecule has 0 aromatic carbocycles. The molecule has 1 amide bonds. The van der Waals surface area contributed by atoms with Gasteiger partial charge in [0, 0.05) is 31.9 Å². The van der Waals surface area contributed by atoms with Gasteiger partial charge in [-0.25, -0.2) is 4.79 Å². The van der Waals surface area contributed by atoms with Crippen LogP contribution in [0.4, 0.5) is 4.79 Å². The molecule has 2 N–H and O–H groups in total. The molecule has 0 aliphatic carbocycles. The third kappa shape index (κ3) is 10.6. The smallest absolute Gasteiger partial charge is 0.410 e. The quantitative estimate of drug-likeness (QED) is 0.405. The number of aliphatic imine (C=N–C) groups is 1. The number of guanidine groups is 1. The predicted molar refractivity (Wildman–Crippen MR) is 95.8 cm³/mol. The van der Waals surface area contributed by atoms with Crippen molar-refractivity contribution in [2.75, 3.05) is 44.7 Å². The van der Waals surface area contributed by atoms with Gasteiger partial charge in [0.15, 0.2) is 5.96 Å². The second kappa shape index (κ2) is 11.5. The fraction of sp³-hybridized carbons (Fsp3) is 0.867. The Morgan fingerprint density at radius 1 is 1.27 bits per heavy atom. The first-order valence-electron chi connectivity index (χ1n) is 7.83. The first-order chi connectivity index (χ1) is 10.3. The van der Waals surface area contributed by atoms with Crippen LogP contribution >= 0.6 is 11.8 Å². The zero-order chi connectivity index (χ0) is 17.0. The first kappa shape index (κ1) is 20.9. The summed E-state index contributed by atoms with van der Waals surface area (Å²) in [7, 11) is 0. The average Bonchev–Trinajstić information content (AvgIpc) is 2.41. The summed E-state index contributed by atoms with van der Waals surface area (Å²) in [4.78, 5) is 18.2. The summed E-state index contributed by atoms with van der Waals surface area (Å²) in [5.41, 5.74) is -0.466.